The van der Waals surface area contributed by atoms with Gasteiger partial charge in [-0.1, -0.05) is 42.0 Å². The zero-order valence-corrected chi connectivity index (χ0v) is 18.1. The van der Waals surface area contributed by atoms with Gasteiger partial charge in [-0.2, -0.15) is 4.98 Å². The SMILES string of the molecule is Cc1ccc(-c2csc3nc(NC(=O)CCCOc4ccccc4C)nn23)c(C)c1. The van der Waals surface area contributed by atoms with Crippen molar-refractivity contribution in [2.75, 3.05) is 11.9 Å². The van der Waals surface area contributed by atoms with Gasteiger partial charge in [-0.25, -0.2) is 4.52 Å². The van der Waals surface area contributed by atoms with Crippen molar-refractivity contribution in [3.05, 3.63) is 64.5 Å². The van der Waals surface area contributed by atoms with E-state index in [-0.39, 0.29) is 5.91 Å². The lowest BCUT2D eigenvalue weighted by Gasteiger charge is -2.08. The number of hydrogen-bond donors (Lipinski definition) is 1. The molecule has 2 heterocycles. The molecule has 1 N–H and O–H groups in total. The van der Waals surface area contributed by atoms with Gasteiger partial charge in [0.15, 0.2) is 0 Å². The Morgan fingerprint density at radius 2 is 1.97 bits per heavy atom. The lowest BCUT2D eigenvalue weighted by Crippen LogP contribution is -2.14. The van der Waals surface area contributed by atoms with Crippen LogP contribution in [0.3, 0.4) is 0 Å². The number of rotatable bonds is 7. The Balaban J connectivity index is 1.37. The number of thiazole rings is 1. The molecule has 0 saturated carbocycles. The van der Waals surface area contributed by atoms with E-state index in [0.717, 1.165) is 27.5 Å². The maximum atomic E-state index is 12.3. The number of para-hydroxylation sites is 1. The van der Waals surface area contributed by atoms with Crippen LogP contribution in [0.2, 0.25) is 0 Å². The number of ether oxygens (including phenoxy) is 1. The highest BCUT2D eigenvalue weighted by Crippen LogP contribution is 2.29. The summed E-state index contributed by atoms with van der Waals surface area (Å²) in [4.78, 5) is 17.5. The first-order chi connectivity index (χ1) is 14.5. The van der Waals surface area contributed by atoms with Crippen molar-refractivity contribution in [1.29, 1.82) is 0 Å². The van der Waals surface area contributed by atoms with Crippen LogP contribution < -0.4 is 10.1 Å². The molecular formula is C23H24N4O2S. The van der Waals surface area contributed by atoms with E-state index < -0.39 is 0 Å². The third-order valence-corrected chi connectivity index (χ3v) is 5.71. The van der Waals surface area contributed by atoms with Crippen LogP contribution in [0.15, 0.2) is 47.8 Å². The molecule has 0 radical (unpaired) electrons. The van der Waals surface area contributed by atoms with Crippen molar-refractivity contribution in [2.45, 2.75) is 33.6 Å². The molecule has 0 fully saturated rings. The van der Waals surface area contributed by atoms with Gasteiger partial charge in [0.25, 0.3) is 0 Å². The predicted molar refractivity (Wildman–Crippen MR) is 120 cm³/mol. The van der Waals surface area contributed by atoms with Crippen molar-refractivity contribution in [3.63, 3.8) is 0 Å². The van der Waals surface area contributed by atoms with Crippen molar-refractivity contribution in [2.24, 2.45) is 0 Å². The number of hydrogen-bond acceptors (Lipinski definition) is 5. The summed E-state index contributed by atoms with van der Waals surface area (Å²) in [6.45, 7) is 6.66. The molecule has 0 bridgehead atoms. The Kier molecular flexibility index (Phi) is 5.81. The summed E-state index contributed by atoms with van der Waals surface area (Å²) in [6.07, 6.45) is 0.971. The molecule has 0 saturated heterocycles. The number of aromatic nitrogens is 3. The second-order valence-electron chi connectivity index (χ2n) is 7.33. The van der Waals surface area contributed by atoms with Crippen LogP contribution in [0.25, 0.3) is 16.2 Å². The normalized spacial score (nSPS) is 11.0. The topological polar surface area (TPSA) is 68.5 Å². The molecule has 0 aliphatic heterocycles. The van der Waals surface area contributed by atoms with Gasteiger partial charge >= 0.3 is 0 Å². The lowest BCUT2D eigenvalue weighted by atomic mass is 10.0. The van der Waals surface area contributed by atoms with E-state index >= 15 is 0 Å². The first-order valence-corrected chi connectivity index (χ1v) is 10.8. The molecule has 2 aromatic carbocycles. The highest BCUT2D eigenvalue weighted by Gasteiger charge is 2.14. The van der Waals surface area contributed by atoms with E-state index in [2.05, 4.69) is 47.4 Å². The van der Waals surface area contributed by atoms with Crippen LogP contribution in [0.4, 0.5) is 5.95 Å². The first kappa shape index (κ1) is 20.1. The Morgan fingerprint density at radius 3 is 2.77 bits per heavy atom. The monoisotopic (exact) mass is 420 g/mol. The molecule has 6 nitrogen and oxygen atoms in total. The van der Waals surface area contributed by atoms with Crippen LogP contribution in [-0.2, 0) is 4.79 Å². The molecule has 1 amide bonds. The summed E-state index contributed by atoms with van der Waals surface area (Å²) in [5.74, 6) is 1.07. The molecule has 0 spiro atoms. The predicted octanol–water partition coefficient (Wildman–Crippen LogP) is 5.18. The fourth-order valence-corrected chi connectivity index (χ4v) is 4.16. The molecule has 7 heteroatoms. The van der Waals surface area contributed by atoms with Crippen LogP contribution in [-0.4, -0.2) is 27.1 Å². The van der Waals surface area contributed by atoms with Gasteiger partial charge < -0.3 is 4.74 Å². The molecule has 0 aliphatic carbocycles. The Labute approximate surface area is 179 Å². The molecule has 0 aliphatic rings. The van der Waals surface area contributed by atoms with E-state index in [9.17, 15) is 4.79 Å². The van der Waals surface area contributed by atoms with Gasteiger partial charge in [0, 0.05) is 17.4 Å². The molecule has 154 valence electrons. The standard InChI is InChI=1S/C23H24N4O2S/c1-15-10-11-18(17(3)13-15)19-14-30-23-25-22(26-27(19)23)24-21(28)9-6-12-29-20-8-5-4-7-16(20)2/h4-5,7-8,10-11,13-14H,6,9,12H2,1-3H3,(H,24,26,28). The average Bonchev–Trinajstić information content (AvgIpc) is 3.27. The second kappa shape index (κ2) is 8.67. The summed E-state index contributed by atoms with van der Waals surface area (Å²) >= 11 is 1.51. The third kappa shape index (κ3) is 4.36. The number of amides is 1. The molecule has 0 unspecified atom stereocenters. The number of nitrogens with one attached hydrogen (secondary N) is 1. The van der Waals surface area contributed by atoms with Crippen LogP contribution in [0.5, 0.6) is 5.75 Å². The molecule has 2 aromatic heterocycles. The molecule has 4 aromatic rings. The van der Waals surface area contributed by atoms with E-state index in [1.54, 1.807) is 4.52 Å². The van der Waals surface area contributed by atoms with Crippen molar-refractivity contribution in [3.8, 4) is 17.0 Å². The number of aryl methyl sites for hydroxylation is 3. The van der Waals surface area contributed by atoms with Crippen molar-refractivity contribution >= 4 is 28.2 Å². The van der Waals surface area contributed by atoms with Crippen LogP contribution in [0.1, 0.15) is 29.5 Å². The fraction of sp³-hybridized carbons (Fsp3) is 0.261. The first-order valence-electron chi connectivity index (χ1n) is 9.91. The number of fused-ring (bicyclic) bond motifs is 1. The quantitative estimate of drug-likeness (QED) is 0.418. The number of nitrogens with zero attached hydrogens (tertiary/aromatic N) is 3. The van der Waals surface area contributed by atoms with E-state index in [0.29, 0.717) is 25.4 Å². The number of carbonyl (C=O) groups is 1. The summed E-state index contributed by atoms with van der Waals surface area (Å²) in [6, 6.07) is 14.2. The third-order valence-electron chi connectivity index (χ3n) is 4.89. The van der Waals surface area contributed by atoms with E-state index in [1.807, 2.05) is 36.6 Å². The highest BCUT2D eigenvalue weighted by molar-refractivity contribution is 7.15. The summed E-state index contributed by atoms with van der Waals surface area (Å²) in [5.41, 5.74) is 5.59. The largest absolute Gasteiger partial charge is 0.493 e. The van der Waals surface area contributed by atoms with Crippen LogP contribution in [0, 0.1) is 20.8 Å². The number of anilines is 1. The lowest BCUT2D eigenvalue weighted by molar-refractivity contribution is -0.116. The minimum absolute atomic E-state index is 0.116. The summed E-state index contributed by atoms with van der Waals surface area (Å²) in [5, 5.41) is 9.33. The molecular weight excluding hydrogens is 396 g/mol. The fourth-order valence-electron chi connectivity index (χ4n) is 3.34. The van der Waals surface area contributed by atoms with Gasteiger partial charge in [0.05, 0.1) is 12.3 Å². The van der Waals surface area contributed by atoms with Crippen molar-refractivity contribution in [1.82, 2.24) is 14.6 Å². The molecule has 30 heavy (non-hydrogen) atoms. The van der Waals surface area contributed by atoms with Gasteiger partial charge in [0.2, 0.25) is 16.8 Å². The number of carbonyl (C=O) groups excluding carboxylic acids is 1. The second-order valence-corrected chi connectivity index (χ2v) is 8.17. The zero-order valence-electron chi connectivity index (χ0n) is 17.3. The van der Waals surface area contributed by atoms with Gasteiger partial charge in [-0.3, -0.25) is 10.1 Å². The smallest absolute Gasteiger partial charge is 0.250 e. The Bertz CT molecular complexity index is 1200. The Hall–Kier alpha value is -3.19. The van der Waals surface area contributed by atoms with Gasteiger partial charge in [0.1, 0.15) is 5.75 Å². The molecule has 0 atom stereocenters. The summed E-state index contributed by atoms with van der Waals surface area (Å²) < 4.78 is 7.53. The summed E-state index contributed by atoms with van der Waals surface area (Å²) in [7, 11) is 0. The highest BCUT2D eigenvalue weighted by atomic mass is 32.1. The zero-order chi connectivity index (χ0) is 21.1. The Morgan fingerprint density at radius 1 is 1.13 bits per heavy atom. The van der Waals surface area contributed by atoms with Gasteiger partial charge in [-0.15, -0.1) is 16.4 Å². The average molecular weight is 421 g/mol. The minimum Gasteiger partial charge on any atom is -0.493 e. The van der Waals surface area contributed by atoms with E-state index in [4.69, 9.17) is 4.74 Å². The van der Waals surface area contributed by atoms with Gasteiger partial charge in [-0.05, 0) is 44.4 Å². The molecule has 4 rings (SSSR count). The minimum atomic E-state index is -0.116. The van der Waals surface area contributed by atoms with Crippen LogP contribution >= 0.6 is 11.3 Å². The number of benzene rings is 2. The maximum absolute atomic E-state index is 12.3. The van der Waals surface area contributed by atoms with E-state index in [1.165, 1.54) is 22.5 Å². The van der Waals surface area contributed by atoms with Crippen molar-refractivity contribution < 1.29 is 9.53 Å². The maximum Gasteiger partial charge on any atom is 0.250 e.